The van der Waals surface area contributed by atoms with Crippen LogP contribution in [0.25, 0.3) is 0 Å². The predicted octanol–water partition coefficient (Wildman–Crippen LogP) is 2.36. The lowest BCUT2D eigenvalue weighted by Crippen LogP contribution is -1.91. The zero-order valence-corrected chi connectivity index (χ0v) is 6.06. The minimum atomic E-state index is -0.245. The summed E-state index contributed by atoms with van der Waals surface area (Å²) in [4.78, 5) is 10.7. The maximum Gasteiger partial charge on any atom is 0.164 e. The number of benzene rings is 1. The van der Waals surface area contributed by atoms with Crippen LogP contribution in [0.3, 0.4) is 0 Å². The Balaban J connectivity index is 3.15. The average molecular weight is 154 g/mol. The highest BCUT2D eigenvalue weighted by molar-refractivity contribution is 6.34. The molecular formula is C8H6ClO. The van der Waals surface area contributed by atoms with Gasteiger partial charge in [-0.1, -0.05) is 23.7 Å². The van der Waals surface area contributed by atoms with Gasteiger partial charge in [-0.15, -0.1) is 0 Å². The summed E-state index contributed by atoms with van der Waals surface area (Å²) < 4.78 is 0. The van der Waals surface area contributed by atoms with E-state index in [4.69, 9.17) is 11.6 Å². The number of carbonyl (C=O) groups excluding carboxylic acids is 1. The minimum absolute atomic E-state index is 0.245. The molecule has 1 rings (SSSR count). The Bertz CT molecular complexity index is 255. The molecular weight excluding hydrogens is 148 g/mol. The summed E-state index contributed by atoms with van der Waals surface area (Å²) in [6.45, 7) is 3.25. The molecule has 0 aliphatic carbocycles. The second kappa shape index (κ2) is 2.84. The van der Waals surface area contributed by atoms with Crippen molar-refractivity contribution in [1.29, 1.82) is 0 Å². The Morgan fingerprint density at radius 2 is 2.00 bits per heavy atom. The predicted molar refractivity (Wildman–Crippen MR) is 41.1 cm³/mol. The van der Waals surface area contributed by atoms with E-state index in [0.717, 1.165) is 0 Å². The number of Topliss-reactive ketones (excluding diaryl/α,β-unsaturated/α-hetero) is 1. The van der Waals surface area contributed by atoms with Gasteiger partial charge in [0.05, 0.1) is 5.02 Å². The largest absolute Gasteiger partial charge is 0.294 e. The average Bonchev–Trinajstić information content (AvgIpc) is 1.88. The fraction of sp³-hybridized carbons (Fsp3) is 0. The van der Waals surface area contributed by atoms with E-state index in [-0.39, 0.29) is 5.78 Å². The SMILES string of the molecule is [CH2]C(=O)c1ccccc1Cl. The Kier molecular flexibility index (Phi) is 2.07. The number of carbonyl (C=O) groups is 1. The molecule has 0 bridgehead atoms. The van der Waals surface area contributed by atoms with Crippen LogP contribution in [0.1, 0.15) is 10.4 Å². The molecule has 0 saturated carbocycles. The highest BCUT2D eigenvalue weighted by Gasteiger charge is 2.01. The van der Waals surface area contributed by atoms with Crippen molar-refractivity contribution < 1.29 is 4.79 Å². The van der Waals surface area contributed by atoms with Crippen molar-refractivity contribution in [3.63, 3.8) is 0 Å². The highest BCUT2D eigenvalue weighted by Crippen LogP contribution is 2.14. The summed E-state index contributed by atoms with van der Waals surface area (Å²) in [6.07, 6.45) is 0. The molecule has 0 unspecified atom stereocenters. The van der Waals surface area contributed by atoms with Crippen LogP contribution < -0.4 is 0 Å². The molecule has 0 saturated heterocycles. The van der Waals surface area contributed by atoms with Crippen molar-refractivity contribution >= 4 is 17.4 Å². The Labute approximate surface area is 64.6 Å². The van der Waals surface area contributed by atoms with Crippen LogP contribution in [0.15, 0.2) is 24.3 Å². The van der Waals surface area contributed by atoms with Gasteiger partial charge in [0.15, 0.2) is 5.78 Å². The molecule has 1 radical (unpaired) electrons. The van der Waals surface area contributed by atoms with Crippen molar-refractivity contribution in [3.8, 4) is 0 Å². The number of rotatable bonds is 1. The number of ketones is 1. The van der Waals surface area contributed by atoms with Crippen LogP contribution in [0, 0.1) is 6.92 Å². The summed E-state index contributed by atoms with van der Waals surface area (Å²) in [5.74, 6) is -0.245. The van der Waals surface area contributed by atoms with Gasteiger partial charge in [0.1, 0.15) is 0 Å². The molecule has 0 N–H and O–H groups in total. The molecule has 1 aromatic rings. The van der Waals surface area contributed by atoms with Crippen LogP contribution in [0.2, 0.25) is 5.02 Å². The van der Waals surface area contributed by atoms with Crippen molar-refractivity contribution in [1.82, 2.24) is 0 Å². The normalized spacial score (nSPS) is 9.40. The van der Waals surface area contributed by atoms with E-state index in [1.54, 1.807) is 24.3 Å². The van der Waals surface area contributed by atoms with Gasteiger partial charge in [-0.25, -0.2) is 0 Å². The van der Waals surface area contributed by atoms with Crippen molar-refractivity contribution in [2.75, 3.05) is 0 Å². The smallest absolute Gasteiger partial charge is 0.164 e. The Morgan fingerprint density at radius 3 is 2.40 bits per heavy atom. The Hall–Kier alpha value is -0.820. The lowest BCUT2D eigenvalue weighted by molar-refractivity contribution is 0.104. The standard InChI is InChI=1S/C8H6ClO/c1-6(10)7-4-2-3-5-8(7)9/h2-5H,1H2. The molecule has 0 atom stereocenters. The monoisotopic (exact) mass is 153 g/mol. The third-order valence-electron chi connectivity index (χ3n) is 1.17. The van der Waals surface area contributed by atoms with Gasteiger partial charge in [-0.05, 0) is 12.1 Å². The van der Waals surface area contributed by atoms with Gasteiger partial charge in [-0.3, -0.25) is 4.79 Å². The number of halogens is 1. The lowest BCUT2D eigenvalue weighted by Gasteiger charge is -1.95. The maximum atomic E-state index is 10.7. The van der Waals surface area contributed by atoms with Crippen LogP contribution >= 0.6 is 11.6 Å². The molecule has 1 aromatic carbocycles. The molecule has 1 nitrogen and oxygen atoms in total. The van der Waals surface area contributed by atoms with E-state index >= 15 is 0 Å². The first kappa shape index (κ1) is 7.29. The summed E-state index contributed by atoms with van der Waals surface area (Å²) >= 11 is 5.66. The van der Waals surface area contributed by atoms with Crippen molar-refractivity contribution in [2.45, 2.75) is 0 Å². The van der Waals surface area contributed by atoms with E-state index in [1.165, 1.54) is 0 Å². The molecule has 0 amide bonds. The first-order valence-electron chi connectivity index (χ1n) is 2.82. The fourth-order valence-corrected chi connectivity index (χ4v) is 0.928. The first-order valence-corrected chi connectivity index (χ1v) is 3.20. The van der Waals surface area contributed by atoms with Gasteiger partial charge in [-0.2, -0.15) is 0 Å². The van der Waals surface area contributed by atoms with E-state index in [1.807, 2.05) is 0 Å². The van der Waals surface area contributed by atoms with Crippen LogP contribution in [-0.2, 0) is 0 Å². The molecule has 0 aliphatic rings. The van der Waals surface area contributed by atoms with E-state index in [9.17, 15) is 4.79 Å². The molecule has 0 spiro atoms. The first-order chi connectivity index (χ1) is 4.72. The number of hydrogen-bond donors (Lipinski definition) is 0. The quantitative estimate of drug-likeness (QED) is 0.566. The van der Waals surface area contributed by atoms with E-state index < -0.39 is 0 Å². The molecule has 0 fully saturated rings. The van der Waals surface area contributed by atoms with Crippen LogP contribution in [0.4, 0.5) is 0 Å². The molecule has 51 valence electrons. The maximum absolute atomic E-state index is 10.7. The zero-order valence-electron chi connectivity index (χ0n) is 5.30. The summed E-state index contributed by atoms with van der Waals surface area (Å²) in [5, 5.41) is 0.461. The molecule has 2 heteroatoms. The topological polar surface area (TPSA) is 17.1 Å². The summed E-state index contributed by atoms with van der Waals surface area (Å²) in [6, 6.07) is 6.84. The van der Waals surface area contributed by atoms with Crippen molar-refractivity contribution in [2.24, 2.45) is 0 Å². The van der Waals surface area contributed by atoms with E-state index in [2.05, 4.69) is 6.92 Å². The minimum Gasteiger partial charge on any atom is -0.294 e. The molecule has 0 aliphatic heterocycles. The number of hydrogen-bond acceptors (Lipinski definition) is 1. The van der Waals surface area contributed by atoms with Gasteiger partial charge < -0.3 is 0 Å². The van der Waals surface area contributed by atoms with Crippen LogP contribution in [0.5, 0.6) is 0 Å². The second-order valence-electron chi connectivity index (χ2n) is 1.90. The Morgan fingerprint density at radius 1 is 1.40 bits per heavy atom. The lowest BCUT2D eigenvalue weighted by atomic mass is 10.1. The highest BCUT2D eigenvalue weighted by atomic mass is 35.5. The van der Waals surface area contributed by atoms with Crippen LogP contribution in [-0.4, -0.2) is 5.78 Å². The van der Waals surface area contributed by atoms with E-state index in [0.29, 0.717) is 10.6 Å². The molecule has 10 heavy (non-hydrogen) atoms. The zero-order chi connectivity index (χ0) is 7.56. The third-order valence-corrected chi connectivity index (χ3v) is 1.50. The summed E-state index contributed by atoms with van der Waals surface area (Å²) in [7, 11) is 0. The van der Waals surface area contributed by atoms with Gasteiger partial charge in [0.2, 0.25) is 0 Å². The molecule has 0 heterocycles. The third kappa shape index (κ3) is 1.36. The fourth-order valence-electron chi connectivity index (χ4n) is 0.687. The van der Waals surface area contributed by atoms with Gasteiger partial charge in [0.25, 0.3) is 0 Å². The van der Waals surface area contributed by atoms with Gasteiger partial charge >= 0.3 is 0 Å². The molecule has 0 aromatic heterocycles. The second-order valence-corrected chi connectivity index (χ2v) is 2.31. The van der Waals surface area contributed by atoms with Crippen molar-refractivity contribution in [3.05, 3.63) is 41.8 Å². The van der Waals surface area contributed by atoms with Gasteiger partial charge in [0, 0.05) is 12.5 Å². The summed E-state index contributed by atoms with van der Waals surface area (Å²) in [5.41, 5.74) is 0.476.